The molecule has 0 radical (unpaired) electrons. The summed E-state index contributed by atoms with van der Waals surface area (Å²) in [5, 5.41) is 17.1. The van der Waals surface area contributed by atoms with Crippen molar-refractivity contribution in [2.24, 2.45) is 0 Å². The molecule has 1 amide bonds. The van der Waals surface area contributed by atoms with Gasteiger partial charge in [0.25, 0.3) is 5.56 Å². The highest BCUT2D eigenvalue weighted by Crippen LogP contribution is 1.95. The molecule has 0 saturated heterocycles. The summed E-state index contributed by atoms with van der Waals surface area (Å²) in [6, 6.07) is 2.52. The molecular weight excluding hydrogens is 176 g/mol. The quantitative estimate of drug-likeness (QED) is 0.316. The number of nitrogens with zero attached hydrogens (tertiary/aromatic N) is 1. The maximum atomic E-state index is 10.7. The van der Waals surface area contributed by atoms with Crippen LogP contribution < -0.4 is 11.0 Å². The van der Waals surface area contributed by atoms with Crippen molar-refractivity contribution in [1.29, 1.82) is 0 Å². The Morgan fingerprint density at radius 1 is 1.54 bits per heavy atom. The van der Waals surface area contributed by atoms with Crippen molar-refractivity contribution in [3.05, 3.63) is 34.2 Å². The Morgan fingerprint density at radius 2 is 2.23 bits per heavy atom. The van der Waals surface area contributed by atoms with Crippen molar-refractivity contribution >= 4 is 5.91 Å². The Kier molecular flexibility index (Phi) is 2.65. The lowest BCUT2D eigenvalue weighted by Crippen LogP contribution is -2.22. The van der Waals surface area contributed by atoms with Crippen molar-refractivity contribution < 1.29 is 15.2 Å². The zero-order chi connectivity index (χ0) is 9.84. The molecule has 0 aromatic carbocycles. The standard InChI is InChI=1S/C7H8N2O4/c10-6(8-12)3-5-1-2-7(11)9(13)4-5/h1-2,4,12-13H,3H2,(H,8,10). The summed E-state index contributed by atoms with van der Waals surface area (Å²) >= 11 is 0. The minimum absolute atomic E-state index is 0.0999. The average molecular weight is 184 g/mol. The molecule has 6 nitrogen and oxygen atoms in total. The van der Waals surface area contributed by atoms with E-state index in [1.165, 1.54) is 11.5 Å². The minimum Gasteiger partial charge on any atom is -0.425 e. The highest BCUT2D eigenvalue weighted by atomic mass is 16.5. The number of nitrogens with one attached hydrogen (secondary N) is 1. The summed E-state index contributed by atoms with van der Waals surface area (Å²) in [5.41, 5.74) is 1.29. The van der Waals surface area contributed by atoms with Crippen molar-refractivity contribution in [3.63, 3.8) is 0 Å². The van der Waals surface area contributed by atoms with Gasteiger partial charge in [0, 0.05) is 6.07 Å². The highest BCUT2D eigenvalue weighted by molar-refractivity contribution is 5.77. The molecule has 0 aliphatic carbocycles. The van der Waals surface area contributed by atoms with Gasteiger partial charge < -0.3 is 5.21 Å². The topological polar surface area (TPSA) is 91.6 Å². The number of carbonyl (C=O) groups excluding carboxylic acids is 1. The summed E-state index contributed by atoms with van der Waals surface area (Å²) in [4.78, 5) is 21.3. The van der Waals surface area contributed by atoms with E-state index >= 15 is 0 Å². The summed E-state index contributed by atoms with van der Waals surface area (Å²) < 4.78 is 0.375. The number of carbonyl (C=O) groups is 1. The Balaban J connectivity index is 2.86. The first-order valence-corrected chi connectivity index (χ1v) is 3.47. The van der Waals surface area contributed by atoms with Gasteiger partial charge in [0.05, 0.1) is 12.6 Å². The van der Waals surface area contributed by atoms with E-state index in [0.717, 1.165) is 12.3 Å². The van der Waals surface area contributed by atoms with Gasteiger partial charge in [-0.15, -0.1) is 0 Å². The molecule has 0 fully saturated rings. The Morgan fingerprint density at radius 3 is 2.77 bits per heavy atom. The molecule has 0 bridgehead atoms. The Bertz CT molecular complexity index is 371. The molecule has 1 aromatic heterocycles. The van der Waals surface area contributed by atoms with Crippen molar-refractivity contribution in [1.82, 2.24) is 10.2 Å². The lowest BCUT2D eigenvalue weighted by molar-refractivity contribution is -0.128. The smallest absolute Gasteiger partial charge is 0.282 e. The van der Waals surface area contributed by atoms with Crippen LogP contribution in [0.3, 0.4) is 0 Å². The Hall–Kier alpha value is -1.82. The van der Waals surface area contributed by atoms with E-state index in [-0.39, 0.29) is 6.42 Å². The fourth-order valence-electron chi connectivity index (χ4n) is 0.848. The first kappa shape index (κ1) is 9.27. The second-order valence-electron chi connectivity index (χ2n) is 2.43. The maximum Gasteiger partial charge on any atom is 0.282 e. The molecule has 70 valence electrons. The van der Waals surface area contributed by atoms with E-state index < -0.39 is 11.5 Å². The zero-order valence-electron chi connectivity index (χ0n) is 6.60. The molecule has 0 unspecified atom stereocenters. The summed E-state index contributed by atoms with van der Waals surface area (Å²) in [7, 11) is 0. The molecular formula is C7H8N2O4. The van der Waals surface area contributed by atoms with E-state index in [1.807, 2.05) is 0 Å². The second-order valence-corrected chi connectivity index (χ2v) is 2.43. The molecule has 1 aromatic rings. The van der Waals surface area contributed by atoms with Crippen LogP contribution in [0.25, 0.3) is 0 Å². The SMILES string of the molecule is O=C(Cc1ccc(=O)n(O)c1)NO. The van der Waals surface area contributed by atoms with Crippen LogP contribution in [-0.4, -0.2) is 21.1 Å². The van der Waals surface area contributed by atoms with Crippen LogP contribution >= 0.6 is 0 Å². The van der Waals surface area contributed by atoms with E-state index in [1.54, 1.807) is 0 Å². The first-order valence-electron chi connectivity index (χ1n) is 3.47. The van der Waals surface area contributed by atoms with Crippen LogP contribution in [0.1, 0.15) is 5.56 Å². The van der Waals surface area contributed by atoms with Crippen molar-refractivity contribution in [3.8, 4) is 0 Å². The molecule has 0 aliphatic rings. The van der Waals surface area contributed by atoms with Gasteiger partial charge in [0.15, 0.2) is 0 Å². The van der Waals surface area contributed by atoms with Gasteiger partial charge in [-0.2, -0.15) is 4.73 Å². The molecule has 6 heteroatoms. The largest absolute Gasteiger partial charge is 0.425 e. The number of aromatic nitrogens is 1. The molecule has 13 heavy (non-hydrogen) atoms. The van der Waals surface area contributed by atoms with Crippen LogP contribution in [0.2, 0.25) is 0 Å². The fourth-order valence-corrected chi connectivity index (χ4v) is 0.848. The van der Waals surface area contributed by atoms with E-state index in [0.29, 0.717) is 10.3 Å². The number of amides is 1. The number of pyridine rings is 1. The highest BCUT2D eigenvalue weighted by Gasteiger charge is 2.02. The number of hydrogen-bond donors (Lipinski definition) is 3. The lowest BCUT2D eigenvalue weighted by atomic mass is 10.2. The van der Waals surface area contributed by atoms with Crippen LogP contribution in [0.15, 0.2) is 23.1 Å². The average Bonchev–Trinajstić information content (AvgIpc) is 2.11. The maximum absolute atomic E-state index is 10.7. The second kappa shape index (κ2) is 3.72. The Labute approximate surface area is 73.0 Å². The number of hydroxylamine groups is 1. The molecule has 0 aliphatic heterocycles. The molecule has 1 rings (SSSR count). The molecule has 0 spiro atoms. The van der Waals surface area contributed by atoms with Crippen molar-refractivity contribution in [2.75, 3.05) is 0 Å². The van der Waals surface area contributed by atoms with Gasteiger partial charge in [-0.25, -0.2) is 5.48 Å². The zero-order valence-corrected chi connectivity index (χ0v) is 6.60. The van der Waals surface area contributed by atoms with E-state index in [4.69, 9.17) is 10.4 Å². The predicted molar refractivity (Wildman–Crippen MR) is 41.5 cm³/mol. The summed E-state index contributed by atoms with van der Waals surface area (Å²) in [6.07, 6.45) is 1.01. The molecule has 1 heterocycles. The van der Waals surface area contributed by atoms with Gasteiger partial charge in [-0.05, 0) is 5.56 Å². The third-order valence-corrected chi connectivity index (χ3v) is 1.44. The summed E-state index contributed by atoms with van der Waals surface area (Å²) in [6.45, 7) is 0. The van der Waals surface area contributed by atoms with Gasteiger partial charge in [-0.3, -0.25) is 14.8 Å². The molecule has 0 atom stereocenters. The van der Waals surface area contributed by atoms with E-state index in [2.05, 4.69) is 0 Å². The van der Waals surface area contributed by atoms with E-state index in [9.17, 15) is 9.59 Å². The van der Waals surface area contributed by atoms with Gasteiger partial charge in [-0.1, -0.05) is 6.07 Å². The minimum atomic E-state index is -0.612. The van der Waals surface area contributed by atoms with Gasteiger partial charge in [0.2, 0.25) is 5.91 Å². The van der Waals surface area contributed by atoms with Crippen LogP contribution in [-0.2, 0) is 11.2 Å². The monoisotopic (exact) mass is 184 g/mol. The third-order valence-electron chi connectivity index (χ3n) is 1.44. The predicted octanol–water partition coefficient (Wildman–Crippen LogP) is -0.867. The summed E-state index contributed by atoms with van der Waals surface area (Å²) in [5.74, 6) is -0.612. The molecule has 3 N–H and O–H groups in total. The van der Waals surface area contributed by atoms with Crippen LogP contribution in [0.4, 0.5) is 0 Å². The van der Waals surface area contributed by atoms with Crippen LogP contribution in [0.5, 0.6) is 0 Å². The fraction of sp³-hybridized carbons (Fsp3) is 0.143. The first-order chi connectivity index (χ1) is 6.13. The van der Waals surface area contributed by atoms with Crippen LogP contribution in [0, 0.1) is 0 Å². The number of hydrogen-bond acceptors (Lipinski definition) is 4. The third kappa shape index (κ3) is 2.31. The van der Waals surface area contributed by atoms with Crippen molar-refractivity contribution in [2.45, 2.75) is 6.42 Å². The number of rotatable bonds is 2. The van der Waals surface area contributed by atoms with Gasteiger partial charge >= 0.3 is 0 Å². The normalized spacial score (nSPS) is 9.62. The van der Waals surface area contributed by atoms with Gasteiger partial charge in [0.1, 0.15) is 0 Å². The lowest BCUT2D eigenvalue weighted by Gasteiger charge is -2.00. The molecule has 0 saturated carbocycles.